The molecule has 0 bridgehead atoms. The van der Waals surface area contributed by atoms with Crippen molar-refractivity contribution in [2.45, 2.75) is 64.8 Å². The fourth-order valence-electron chi connectivity index (χ4n) is 2.95. The summed E-state index contributed by atoms with van der Waals surface area (Å²) in [5.41, 5.74) is -0.994. The summed E-state index contributed by atoms with van der Waals surface area (Å²) in [4.78, 5) is 11.5. The minimum absolute atomic E-state index is 0.344. The summed E-state index contributed by atoms with van der Waals surface area (Å²) in [5.74, 6) is 1.79. The van der Waals surface area contributed by atoms with Crippen LogP contribution in [0.1, 0.15) is 64.0 Å². The summed E-state index contributed by atoms with van der Waals surface area (Å²) in [7, 11) is 0. The largest absolute Gasteiger partial charge is 0.480 e. The highest BCUT2D eigenvalue weighted by Gasteiger charge is 2.36. The zero-order valence-electron chi connectivity index (χ0n) is 12.2. The van der Waals surface area contributed by atoms with Crippen molar-refractivity contribution < 1.29 is 9.90 Å². The molecule has 0 amide bonds. The predicted octanol–water partition coefficient (Wildman–Crippen LogP) is 2.70. The van der Waals surface area contributed by atoms with Gasteiger partial charge < -0.3 is 5.11 Å². The molecule has 1 fully saturated rings. The molecule has 5 heteroatoms. The Morgan fingerprint density at radius 3 is 2.37 bits per heavy atom. The van der Waals surface area contributed by atoms with Gasteiger partial charge in [-0.25, -0.2) is 4.79 Å². The van der Waals surface area contributed by atoms with Crippen LogP contribution in [0.2, 0.25) is 0 Å². The van der Waals surface area contributed by atoms with Crippen molar-refractivity contribution in [1.82, 2.24) is 14.8 Å². The van der Waals surface area contributed by atoms with E-state index in [2.05, 4.69) is 17.1 Å². The summed E-state index contributed by atoms with van der Waals surface area (Å²) >= 11 is 0. The topological polar surface area (TPSA) is 68.0 Å². The van der Waals surface area contributed by atoms with E-state index in [1.165, 1.54) is 12.8 Å². The number of carboxylic acid groups (broad SMARTS) is 1. The van der Waals surface area contributed by atoms with Gasteiger partial charge in [0.25, 0.3) is 0 Å². The number of hydrogen-bond donors (Lipinski definition) is 1. The quantitative estimate of drug-likeness (QED) is 0.912. The van der Waals surface area contributed by atoms with Gasteiger partial charge in [0.15, 0.2) is 0 Å². The maximum Gasteiger partial charge on any atom is 0.329 e. The lowest BCUT2D eigenvalue weighted by Gasteiger charge is -2.30. The Labute approximate surface area is 114 Å². The lowest BCUT2D eigenvalue weighted by molar-refractivity contribution is -0.145. The number of aromatic nitrogens is 3. The number of aliphatic carboxylic acids is 1. The molecule has 106 valence electrons. The van der Waals surface area contributed by atoms with Crippen LogP contribution in [-0.2, 0) is 10.3 Å². The van der Waals surface area contributed by atoms with E-state index in [9.17, 15) is 9.90 Å². The summed E-state index contributed by atoms with van der Waals surface area (Å²) < 4.78 is 1.80. The summed E-state index contributed by atoms with van der Waals surface area (Å²) in [6.45, 7) is 7.52. The molecule has 1 saturated carbocycles. The van der Waals surface area contributed by atoms with Gasteiger partial charge in [0.2, 0.25) is 0 Å². The number of nitrogens with zero attached hydrogens (tertiary/aromatic N) is 3. The number of hydrogen-bond acceptors (Lipinski definition) is 3. The van der Waals surface area contributed by atoms with Crippen molar-refractivity contribution in [1.29, 1.82) is 0 Å². The van der Waals surface area contributed by atoms with E-state index in [-0.39, 0.29) is 0 Å². The fourth-order valence-corrected chi connectivity index (χ4v) is 2.95. The van der Waals surface area contributed by atoms with Crippen LogP contribution < -0.4 is 0 Å². The molecule has 1 heterocycles. The smallest absolute Gasteiger partial charge is 0.329 e. The zero-order chi connectivity index (χ0) is 14.2. The molecular formula is C14H23N3O2. The Morgan fingerprint density at radius 1 is 1.26 bits per heavy atom. The molecule has 0 aromatic carbocycles. The second-order valence-electron chi connectivity index (χ2n) is 6.26. The maximum atomic E-state index is 11.5. The van der Waals surface area contributed by atoms with E-state index in [4.69, 9.17) is 0 Å². The third kappa shape index (κ3) is 2.51. The molecule has 0 saturated heterocycles. The van der Waals surface area contributed by atoms with Crippen LogP contribution in [-0.4, -0.2) is 25.8 Å². The van der Waals surface area contributed by atoms with E-state index in [1.54, 1.807) is 18.4 Å². The van der Waals surface area contributed by atoms with E-state index in [0.29, 0.717) is 11.7 Å². The van der Waals surface area contributed by atoms with Crippen LogP contribution >= 0.6 is 0 Å². The second kappa shape index (κ2) is 4.94. The van der Waals surface area contributed by atoms with Crippen molar-refractivity contribution in [3.05, 3.63) is 11.6 Å². The van der Waals surface area contributed by atoms with Crippen LogP contribution in [0.4, 0.5) is 0 Å². The minimum atomic E-state index is -0.994. The summed E-state index contributed by atoms with van der Waals surface area (Å²) in [5, 5.41) is 17.8. The van der Waals surface area contributed by atoms with Gasteiger partial charge >= 0.3 is 5.97 Å². The van der Waals surface area contributed by atoms with Gasteiger partial charge in [-0.05, 0) is 39.5 Å². The number of carboxylic acids is 1. The average molecular weight is 265 g/mol. The standard InChI is InChI=1S/C14H23N3O2/c1-9-5-7-11(8-6-9)12-16-15-10(2)17(12)14(3,4)13(18)19/h9,11H,5-8H2,1-4H3,(H,18,19). The summed E-state index contributed by atoms with van der Waals surface area (Å²) in [6, 6.07) is 0. The fraction of sp³-hybridized carbons (Fsp3) is 0.786. The molecule has 1 aliphatic carbocycles. The van der Waals surface area contributed by atoms with Crippen LogP contribution in [0.5, 0.6) is 0 Å². The van der Waals surface area contributed by atoms with Gasteiger partial charge in [0.1, 0.15) is 17.2 Å². The number of carbonyl (C=O) groups is 1. The third-order valence-electron chi connectivity index (χ3n) is 4.31. The predicted molar refractivity (Wildman–Crippen MR) is 72.1 cm³/mol. The molecule has 0 aliphatic heterocycles. The molecule has 1 aliphatic rings. The van der Waals surface area contributed by atoms with Crippen LogP contribution in [0.25, 0.3) is 0 Å². The lowest BCUT2D eigenvalue weighted by atomic mass is 9.82. The molecule has 1 aromatic rings. The van der Waals surface area contributed by atoms with Crippen LogP contribution in [0.3, 0.4) is 0 Å². The van der Waals surface area contributed by atoms with Crippen molar-refractivity contribution in [2.75, 3.05) is 0 Å². The highest BCUT2D eigenvalue weighted by molar-refractivity contribution is 5.75. The Hall–Kier alpha value is -1.39. The molecule has 5 nitrogen and oxygen atoms in total. The van der Waals surface area contributed by atoms with Crippen molar-refractivity contribution in [2.24, 2.45) is 5.92 Å². The van der Waals surface area contributed by atoms with Gasteiger partial charge in [0, 0.05) is 5.92 Å². The normalized spacial score (nSPS) is 24.4. The van der Waals surface area contributed by atoms with E-state index < -0.39 is 11.5 Å². The number of aryl methyl sites for hydroxylation is 1. The molecule has 19 heavy (non-hydrogen) atoms. The summed E-state index contributed by atoms with van der Waals surface area (Å²) in [6.07, 6.45) is 4.53. The van der Waals surface area contributed by atoms with Crippen molar-refractivity contribution >= 4 is 5.97 Å². The molecule has 0 unspecified atom stereocenters. The molecule has 2 rings (SSSR count). The van der Waals surface area contributed by atoms with E-state index in [1.807, 2.05) is 6.92 Å². The average Bonchev–Trinajstić information content (AvgIpc) is 2.72. The van der Waals surface area contributed by atoms with E-state index in [0.717, 1.165) is 24.6 Å². The lowest BCUT2D eigenvalue weighted by Crippen LogP contribution is -2.38. The molecule has 0 radical (unpaired) electrons. The maximum absolute atomic E-state index is 11.5. The Kier molecular flexibility index (Phi) is 3.65. The number of rotatable bonds is 3. The molecule has 1 aromatic heterocycles. The monoisotopic (exact) mass is 265 g/mol. The third-order valence-corrected chi connectivity index (χ3v) is 4.31. The van der Waals surface area contributed by atoms with Crippen LogP contribution in [0, 0.1) is 12.8 Å². The molecule has 0 atom stereocenters. The highest BCUT2D eigenvalue weighted by Crippen LogP contribution is 2.36. The first kappa shape index (κ1) is 14.0. The SMILES string of the molecule is Cc1nnc(C2CCC(C)CC2)n1C(C)(C)C(=O)O. The van der Waals surface area contributed by atoms with Crippen molar-refractivity contribution in [3.8, 4) is 0 Å². The Balaban J connectivity index is 2.35. The Bertz CT molecular complexity index is 471. The van der Waals surface area contributed by atoms with Crippen molar-refractivity contribution in [3.63, 3.8) is 0 Å². The Morgan fingerprint density at radius 2 is 1.84 bits per heavy atom. The van der Waals surface area contributed by atoms with Gasteiger partial charge in [-0.2, -0.15) is 0 Å². The van der Waals surface area contributed by atoms with E-state index >= 15 is 0 Å². The van der Waals surface area contributed by atoms with Crippen LogP contribution in [0.15, 0.2) is 0 Å². The first-order chi connectivity index (χ1) is 8.84. The van der Waals surface area contributed by atoms with Gasteiger partial charge in [0.05, 0.1) is 0 Å². The highest BCUT2D eigenvalue weighted by atomic mass is 16.4. The second-order valence-corrected chi connectivity index (χ2v) is 6.26. The zero-order valence-corrected chi connectivity index (χ0v) is 12.2. The molecule has 0 spiro atoms. The van der Waals surface area contributed by atoms with Gasteiger partial charge in [-0.15, -0.1) is 10.2 Å². The van der Waals surface area contributed by atoms with Gasteiger partial charge in [-0.1, -0.05) is 19.8 Å². The first-order valence-electron chi connectivity index (χ1n) is 6.99. The van der Waals surface area contributed by atoms with Gasteiger partial charge in [-0.3, -0.25) is 4.57 Å². The molecular weight excluding hydrogens is 242 g/mol. The molecule has 1 N–H and O–H groups in total. The minimum Gasteiger partial charge on any atom is -0.480 e. The first-order valence-corrected chi connectivity index (χ1v) is 6.99.